The van der Waals surface area contributed by atoms with E-state index in [2.05, 4.69) is 0 Å². The Morgan fingerprint density at radius 2 is 1.71 bits per heavy atom. The van der Waals surface area contributed by atoms with Gasteiger partial charge in [0.2, 0.25) is 0 Å². The maximum Gasteiger partial charge on any atom is 0.336 e. The zero-order valence-corrected chi connectivity index (χ0v) is 16.1. The third-order valence-electron chi connectivity index (χ3n) is 4.93. The first-order chi connectivity index (χ1) is 13.1. The Balaban J connectivity index is 1.79. The summed E-state index contributed by atoms with van der Waals surface area (Å²) in [6.07, 6.45) is 1.21. The molecule has 6 nitrogen and oxygen atoms in total. The minimum atomic E-state index is -0.880. The van der Waals surface area contributed by atoms with E-state index < -0.39 is 17.0 Å². The van der Waals surface area contributed by atoms with E-state index in [0.29, 0.717) is 27.7 Å². The molecule has 0 N–H and O–H groups in total. The summed E-state index contributed by atoms with van der Waals surface area (Å²) < 4.78 is 10.4. The van der Waals surface area contributed by atoms with E-state index in [9.17, 15) is 19.2 Å². The largest absolute Gasteiger partial charge is 0.426 e. The van der Waals surface area contributed by atoms with E-state index in [-0.39, 0.29) is 23.7 Å². The van der Waals surface area contributed by atoms with Crippen molar-refractivity contribution >= 4 is 28.5 Å². The molecule has 1 aromatic heterocycles. The molecule has 0 fully saturated rings. The van der Waals surface area contributed by atoms with Crippen molar-refractivity contribution in [2.45, 2.75) is 34.1 Å². The number of benzene rings is 1. The molecule has 144 valence electrons. The average molecular weight is 380 g/mol. The topological polar surface area (TPSA) is 90.7 Å². The molecule has 0 bridgehead atoms. The number of carbonyl (C=O) groups is 3. The van der Waals surface area contributed by atoms with Crippen molar-refractivity contribution in [1.29, 1.82) is 0 Å². The fourth-order valence-corrected chi connectivity index (χ4v) is 3.09. The predicted molar refractivity (Wildman–Crippen MR) is 103 cm³/mol. The molecule has 1 heterocycles. The van der Waals surface area contributed by atoms with Gasteiger partial charge in [-0.3, -0.25) is 14.4 Å². The third kappa shape index (κ3) is 3.71. The van der Waals surface area contributed by atoms with Gasteiger partial charge in [0, 0.05) is 39.7 Å². The average Bonchev–Trinajstić information content (AvgIpc) is 2.61. The second-order valence-electron chi connectivity index (χ2n) is 7.49. The summed E-state index contributed by atoms with van der Waals surface area (Å²) in [5, 5.41) is 0.703. The number of fused-ring (bicyclic) bond motifs is 1. The fourth-order valence-electron chi connectivity index (χ4n) is 3.09. The molecule has 3 rings (SSSR count). The zero-order valence-electron chi connectivity index (χ0n) is 16.1. The normalized spacial score (nSPS) is 15.1. The molecule has 0 radical (unpaired) electrons. The van der Waals surface area contributed by atoms with Crippen LogP contribution in [0.4, 0.5) is 0 Å². The number of esters is 1. The molecule has 1 aromatic carbocycles. The summed E-state index contributed by atoms with van der Waals surface area (Å²) in [6.45, 7) is 6.67. The van der Waals surface area contributed by atoms with Gasteiger partial charge in [0.1, 0.15) is 11.3 Å². The van der Waals surface area contributed by atoms with Gasteiger partial charge in [-0.15, -0.1) is 0 Å². The molecule has 6 heteroatoms. The fraction of sp³-hybridized carbons (Fsp3) is 0.273. The van der Waals surface area contributed by atoms with Gasteiger partial charge >= 0.3 is 11.6 Å². The summed E-state index contributed by atoms with van der Waals surface area (Å²) in [5.41, 5.74) is 0.0440. The van der Waals surface area contributed by atoms with Crippen LogP contribution in [0.5, 0.6) is 5.75 Å². The van der Waals surface area contributed by atoms with E-state index in [4.69, 9.17) is 9.15 Å². The molecule has 0 spiro atoms. The van der Waals surface area contributed by atoms with Gasteiger partial charge in [-0.2, -0.15) is 0 Å². The third-order valence-corrected chi connectivity index (χ3v) is 4.93. The standard InChI is InChI=1S/C22H20O6/c1-12-13(2)21(26)16(10-17(12)23)22(3,4)11-20(25)27-15-7-5-14-6-8-19(24)28-18(14)9-15/h5-10H,11H2,1-4H3. The summed E-state index contributed by atoms with van der Waals surface area (Å²) in [7, 11) is 0. The van der Waals surface area contributed by atoms with Crippen LogP contribution in [0.25, 0.3) is 11.0 Å². The number of ketones is 2. The molecule has 28 heavy (non-hydrogen) atoms. The molecule has 0 aliphatic heterocycles. The lowest BCUT2D eigenvalue weighted by Crippen LogP contribution is -2.30. The first kappa shape index (κ1) is 19.5. The molecule has 2 aromatic rings. The number of allylic oxidation sites excluding steroid dienone is 4. The van der Waals surface area contributed by atoms with Crippen molar-refractivity contribution in [2.75, 3.05) is 0 Å². The van der Waals surface area contributed by atoms with E-state index in [1.807, 2.05) is 0 Å². The van der Waals surface area contributed by atoms with Crippen LogP contribution in [-0.2, 0) is 14.4 Å². The lowest BCUT2D eigenvalue weighted by Gasteiger charge is -2.28. The highest BCUT2D eigenvalue weighted by Crippen LogP contribution is 2.36. The van der Waals surface area contributed by atoms with Gasteiger partial charge in [-0.05, 0) is 38.1 Å². The van der Waals surface area contributed by atoms with Crippen LogP contribution in [0.2, 0.25) is 0 Å². The van der Waals surface area contributed by atoms with Gasteiger partial charge in [0.25, 0.3) is 0 Å². The monoisotopic (exact) mass is 380 g/mol. The van der Waals surface area contributed by atoms with Crippen LogP contribution in [0.15, 0.2) is 62.3 Å². The zero-order chi connectivity index (χ0) is 20.6. The number of ether oxygens (including phenoxy) is 1. The molecule has 0 amide bonds. The molecular weight excluding hydrogens is 360 g/mol. The summed E-state index contributed by atoms with van der Waals surface area (Å²) in [6, 6.07) is 7.66. The van der Waals surface area contributed by atoms with E-state index in [1.165, 1.54) is 18.2 Å². The number of carbonyl (C=O) groups excluding carboxylic acids is 3. The Morgan fingerprint density at radius 1 is 1.04 bits per heavy atom. The molecule has 1 aliphatic carbocycles. The van der Waals surface area contributed by atoms with E-state index in [0.717, 1.165) is 0 Å². The maximum absolute atomic E-state index is 12.6. The maximum atomic E-state index is 12.6. The number of hydrogen-bond donors (Lipinski definition) is 0. The highest BCUT2D eigenvalue weighted by atomic mass is 16.5. The quantitative estimate of drug-likeness (QED) is 0.349. The summed E-state index contributed by atoms with van der Waals surface area (Å²) in [4.78, 5) is 48.5. The highest BCUT2D eigenvalue weighted by Gasteiger charge is 2.36. The second kappa shape index (κ2) is 7.03. The molecule has 0 saturated heterocycles. The van der Waals surface area contributed by atoms with Crippen molar-refractivity contribution in [3.8, 4) is 5.75 Å². The van der Waals surface area contributed by atoms with Crippen LogP contribution in [0, 0.1) is 5.41 Å². The molecule has 0 saturated carbocycles. The van der Waals surface area contributed by atoms with Gasteiger partial charge in [-0.25, -0.2) is 4.79 Å². The van der Waals surface area contributed by atoms with Crippen molar-refractivity contribution < 1.29 is 23.5 Å². The lowest BCUT2D eigenvalue weighted by atomic mass is 9.74. The van der Waals surface area contributed by atoms with Crippen LogP contribution < -0.4 is 10.4 Å². The second-order valence-corrected chi connectivity index (χ2v) is 7.49. The minimum absolute atomic E-state index is 0.0963. The SMILES string of the molecule is CC1=C(C)C(=O)C(C(C)(C)CC(=O)Oc2ccc3ccc(=O)oc3c2)=CC1=O. The first-order valence-corrected chi connectivity index (χ1v) is 8.82. The Bertz CT molecular complexity index is 1130. The lowest BCUT2D eigenvalue weighted by molar-refractivity contribution is -0.136. The number of Topliss-reactive ketones (excluding diaryl/α,β-unsaturated/α-hetero) is 1. The Hall–Kier alpha value is -3.28. The predicted octanol–water partition coefficient (Wildman–Crippen LogP) is 3.53. The molecule has 0 unspecified atom stereocenters. The van der Waals surface area contributed by atoms with Gasteiger partial charge in [0.15, 0.2) is 11.6 Å². The van der Waals surface area contributed by atoms with Crippen LogP contribution in [-0.4, -0.2) is 17.5 Å². The molecule has 1 aliphatic rings. The van der Waals surface area contributed by atoms with Gasteiger partial charge in [-0.1, -0.05) is 13.8 Å². The van der Waals surface area contributed by atoms with Gasteiger partial charge in [0.05, 0.1) is 6.42 Å². The highest BCUT2D eigenvalue weighted by molar-refractivity contribution is 6.22. The Labute approximate surface area is 161 Å². The smallest absolute Gasteiger partial charge is 0.336 e. The Morgan fingerprint density at radius 3 is 2.43 bits per heavy atom. The van der Waals surface area contributed by atoms with Crippen molar-refractivity contribution in [1.82, 2.24) is 0 Å². The summed E-state index contributed by atoms with van der Waals surface area (Å²) in [5.74, 6) is -0.789. The van der Waals surface area contributed by atoms with Gasteiger partial charge < -0.3 is 9.15 Å². The van der Waals surface area contributed by atoms with Crippen molar-refractivity contribution in [3.63, 3.8) is 0 Å². The van der Waals surface area contributed by atoms with Crippen molar-refractivity contribution in [2.24, 2.45) is 5.41 Å². The van der Waals surface area contributed by atoms with E-state index >= 15 is 0 Å². The first-order valence-electron chi connectivity index (χ1n) is 8.82. The van der Waals surface area contributed by atoms with Crippen LogP contribution in [0.1, 0.15) is 34.1 Å². The number of rotatable bonds is 4. The minimum Gasteiger partial charge on any atom is -0.426 e. The summed E-state index contributed by atoms with van der Waals surface area (Å²) >= 11 is 0. The Kier molecular flexibility index (Phi) is 4.89. The van der Waals surface area contributed by atoms with Crippen LogP contribution in [0.3, 0.4) is 0 Å². The van der Waals surface area contributed by atoms with Crippen LogP contribution >= 0.6 is 0 Å². The van der Waals surface area contributed by atoms with E-state index in [1.54, 1.807) is 45.9 Å². The number of hydrogen-bond acceptors (Lipinski definition) is 6. The van der Waals surface area contributed by atoms with Crippen molar-refractivity contribution in [3.05, 3.63) is 63.5 Å². The molecule has 0 atom stereocenters. The molecular formula is C22H20O6.